The maximum absolute atomic E-state index is 11.0. The van der Waals surface area contributed by atoms with E-state index in [0.29, 0.717) is 17.9 Å². The molecule has 1 aliphatic carbocycles. The van der Waals surface area contributed by atoms with Crippen molar-refractivity contribution in [3.63, 3.8) is 0 Å². The summed E-state index contributed by atoms with van der Waals surface area (Å²) in [4.78, 5) is 12.9. The number of carbonyl (C=O) groups excluding carboxylic acids is 1. The molecule has 3 heteroatoms. The van der Waals surface area contributed by atoms with Gasteiger partial charge in [0.05, 0.1) is 0 Å². The van der Waals surface area contributed by atoms with Gasteiger partial charge in [-0.25, -0.2) is 0 Å². The largest absolute Gasteiger partial charge is 0.396 e. The van der Waals surface area contributed by atoms with Crippen LogP contribution >= 0.6 is 0 Å². The molecule has 3 nitrogen and oxygen atoms in total. The van der Waals surface area contributed by atoms with Crippen LogP contribution in [0.25, 0.3) is 0 Å². The van der Waals surface area contributed by atoms with E-state index in [1.807, 2.05) is 4.90 Å². The minimum absolute atomic E-state index is 0.176. The Kier molecular flexibility index (Phi) is 1.65. The molecule has 0 aromatic rings. The molecule has 68 valence electrons. The van der Waals surface area contributed by atoms with E-state index < -0.39 is 0 Å². The van der Waals surface area contributed by atoms with Gasteiger partial charge in [0, 0.05) is 26.6 Å². The van der Waals surface area contributed by atoms with Gasteiger partial charge in [-0.3, -0.25) is 4.79 Å². The second-order valence-corrected chi connectivity index (χ2v) is 4.14. The summed E-state index contributed by atoms with van der Waals surface area (Å²) in [5.41, 5.74) is 0.320. The van der Waals surface area contributed by atoms with Crippen LogP contribution in [0, 0.1) is 11.3 Å². The molecule has 1 aliphatic heterocycles. The van der Waals surface area contributed by atoms with Crippen molar-refractivity contribution in [1.29, 1.82) is 0 Å². The van der Waals surface area contributed by atoms with E-state index in [1.54, 1.807) is 6.92 Å². The number of hydrogen-bond donors (Lipinski definition) is 1. The van der Waals surface area contributed by atoms with Gasteiger partial charge in [-0.15, -0.1) is 0 Å². The van der Waals surface area contributed by atoms with E-state index in [-0.39, 0.29) is 5.91 Å². The highest BCUT2D eigenvalue weighted by molar-refractivity contribution is 5.73. The lowest BCUT2D eigenvalue weighted by Gasteiger charge is -2.13. The lowest BCUT2D eigenvalue weighted by Crippen LogP contribution is -2.26. The number of nitrogens with zero attached hydrogens (tertiary/aromatic N) is 1. The van der Waals surface area contributed by atoms with Crippen LogP contribution in [0.5, 0.6) is 0 Å². The highest BCUT2D eigenvalue weighted by atomic mass is 16.3. The van der Waals surface area contributed by atoms with E-state index in [9.17, 15) is 4.79 Å². The summed E-state index contributed by atoms with van der Waals surface area (Å²) in [5, 5.41) is 8.95. The molecule has 1 saturated carbocycles. The molecule has 0 bridgehead atoms. The summed E-state index contributed by atoms with van der Waals surface area (Å²) in [6, 6.07) is 0. The second kappa shape index (κ2) is 2.46. The number of aliphatic hydroxyl groups is 1. The second-order valence-electron chi connectivity index (χ2n) is 4.14. The Balaban J connectivity index is 1.96. The van der Waals surface area contributed by atoms with Crippen LogP contribution in [0.1, 0.15) is 19.8 Å². The lowest BCUT2D eigenvalue weighted by atomic mass is 10.0. The van der Waals surface area contributed by atoms with Crippen molar-refractivity contribution >= 4 is 5.91 Å². The zero-order valence-electron chi connectivity index (χ0n) is 7.42. The summed E-state index contributed by atoms with van der Waals surface area (Å²) < 4.78 is 0. The smallest absolute Gasteiger partial charge is 0.219 e. The Hall–Kier alpha value is -0.570. The van der Waals surface area contributed by atoms with Crippen LogP contribution < -0.4 is 0 Å². The molecule has 1 spiro atoms. The summed E-state index contributed by atoms with van der Waals surface area (Å²) in [6.07, 6.45) is 2.21. The van der Waals surface area contributed by atoms with Crippen LogP contribution in [-0.2, 0) is 4.79 Å². The minimum atomic E-state index is 0.176. The van der Waals surface area contributed by atoms with Crippen molar-refractivity contribution < 1.29 is 9.90 Å². The summed E-state index contributed by atoms with van der Waals surface area (Å²) in [5.74, 6) is 0.650. The minimum Gasteiger partial charge on any atom is -0.396 e. The fourth-order valence-corrected chi connectivity index (χ4v) is 2.35. The van der Waals surface area contributed by atoms with Crippen LogP contribution in [0.3, 0.4) is 0 Å². The predicted molar refractivity (Wildman–Crippen MR) is 44.5 cm³/mol. The summed E-state index contributed by atoms with van der Waals surface area (Å²) in [7, 11) is 0. The number of amides is 1. The molecule has 1 heterocycles. The zero-order chi connectivity index (χ0) is 8.77. The molecular weight excluding hydrogens is 154 g/mol. The van der Waals surface area contributed by atoms with Gasteiger partial charge in [0.1, 0.15) is 0 Å². The fourth-order valence-electron chi connectivity index (χ4n) is 2.35. The van der Waals surface area contributed by atoms with Crippen molar-refractivity contribution in [3.8, 4) is 0 Å². The Bertz CT molecular complexity index is 217. The van der Waals surface area contributed by atoms with Crippen molar-refractivity contribution in [2.75, 3.05) is 19.7 Å². The SMILES string of the molecule is CC(=O)N1CCC2(CC2CO)C1. The van der Waals surface area contributed by atoms with E-state index in [0.717, 1.165) is 25.9 Å². The molecule has 0 aromatic carbocycles. The average molecular weight is 169 g/mol. The highest BCUT2D eigenvalue weighted by Crippen LogP contribution is 2.57. The quantitative estimate of drug-likeness (QED) is 0.610. The lowest BCUT2D eigenvalue weighted by molar-refractivity contribution is -0.128. The van der Waals surface area contributed by atoms with Crippen LogP contribution in [0.4, 0.5) is 0 Å². The molecule has 1 N–H and O–H groups in total. The normalized spacial score (nSPS) is 39.2. The van der Waals surface area contributed by atoms with Crippen molar-refractivity contribution in [1.82, 2.24) is 4.90 Å². The van der Waals surface area contributed by atoms with E-state index in [4.69, 9.17) is 5.11 Å². The molecular formula is C9H15NO2. The van der Waals surface area contributed by atoms with E-state index in [1.165, 1.54) is 0 Å². The maximum Gasteiger partial charge on any atom is 0.219 e. The standard InChI is InChI=1S/C9H15NO2/c1-7(12)10-3-2-9(6-10)4-8(9)5-11/h8,11H,2-6H2,1H3. The average Bonchev–Trinajstić information content (AvgIpc) is 2.50. The number of carbonyl (C=O) groups is 1. The van der Waals surface area contributed by atoms with Gasteiger partial charge in [0.15, 0.2) is 0 Å². The van der Waals surface area contributed by atoms with Crippen molar-refractivity contribution in [3.05, 3.63) is 0 Å². The molecule has 0 radical (unpaired) electrons. The molecule has 2 atom stereocenters. The molecule has 1 saturated heterocycles. The number of aliphatic hydroxyl groups excluding tert-OH is 1. The van der Waals surface area contributed by atoms with Crippen molar-refractivity contribution in [2.24, 2.45) is 11.3 Å². The molecule has 0 aromatic heterocycles. The molecule has 12 heavy (non-hydrogen) atoms. The third kappa shape index (κ3) is 1.04. The van der Waals surface area contributed by atoms with Gasteiger partial charge in [-0.2, -0.15) is 0 Å². The van der Waals surface area contributed by atoms with Gasteiger partial charge in [-0.1, -0.05) is 0 Å². The number of hydrogen-bond acceptors (Lipinski definition) is 2. The van der Waals surface area contributed by atoms with Gasteiger partial charge in [0.25, 0.3) is 0 Å². The first-order valence-corrected chi connectivity index (χ1v) is 4.54. The topological polar surface area (TPSA) is 40.5 Å². The Labute approximate surface area is 72.4 Å². The van der Waals surface area contributed by atoms with E-state index in [2.05, 4.69) is 0 Å². The predicted octanol–water partition coefficient (Wildman–Crippen LogP) is 0.237. The first-order chi connectivity index (χ1) is 5.68. The van der Waals surface area contributed by atoms with E-state index >= 15 is 0 Å². The van der Waals surface area contributed by atoms with Crippen molar-refractivity contribution in [2.45, 2.75) is 19.8 Å². The fraction of sp³-hybridized carbons (Fsp3) is 0.889. The molecule has 1 amide bonds. The maximum atomic E-state index is 11.0. The highest BCUT2D eigenvalue weighted by Gasteiger charge is 2.57. The van der Waals surface area contributed by atoms with Crippen LogP contribution in [0.2, 0.25) is 0 Å². The Morgan fingerprint density at radius 2 is 2.50 bits per heavy atom. The molecule has 2 aliphatic rings. The third-order valence-electron chi connectivity index (χ3n) is 3.41. The van der Waals surface area contributed by atoms with Gasteiger partial charge in [-0.05, 0) is 24.2 Å². The van der Waals surface area contributed by atoms with Crippen LogP contribution in [0.15, 0.2) is 0 Å². The Morgan fingerprint density at radius 3 is 2.92 bits per heavy atom. The number of likely N-dealkylation sites (tertiary alicyclic amines) is 1. The molecule has 2 unspecified atom stereocenters. The Morgan fingerprint density at radius 1 is 1.75 bits per heavy atom. The summed E-state index contributed by atoms with van der Waals surface area (Å²) >= 11 is 0. The third-order valence-corrected chi connectivity index (χ3v) is 3.41. The summed E-state index contributed by atoms with van der Waals surface area (Å²) in [6.45, 7) is 3.69. The zero-order valence-corrected chi connectivity index (χ0v) is 7.42. The first kappa shape index (κ1) is 8.05. The monoisotopic (exact) mass is 169 g/mol. The molecule has 2 fully saturated rings. The van der Waals surface area contributed by atoms with Crippen LogP contribution in [-0.4, -0.2) is 35.6 Å². The molecule has 2 rings (SSSR count). The van der Waals surface area contributed by atoms with Gasteiger partial charge < -0.3 is 10.0 Å². The number of rotatable bonds is 1. The van der Waals surface area contributed by atoms with Gasteiger partial charge in [0.2, 0.25) is 5.91 Å². The van der Waals surface area contributed by atoms with Gasteiger partial charge >= 0.3 is 0 Å². The first-order valence-electron chi connectivity index (χ1n) is 4.54.